The third-order valence-corrected chi connectivity index (χ3v) is 3.89. The van der Waals surface area contributed by atoms with Gasteiger partial charge in [-0.2, -0.15) is 0 Å². The Bertz CT molecular complexity index is 561. The number of carbonyl (C=O) groups excluding carboxylic acids is 2. The van der Waals surface area contributed by atoms with Crippen molar-refractivity contribution in [3.63, 3.8) is 0 Å². The van der Waals surface area contributed by atoms with Crippen LogP contribution in [0.4, 0.5) is 4.79 Å². The molecule has 25 heavy (non-hydrogen) atoms. The predicted molar refractivity (Wildman–Crippen MR) is 95.6 cm³/mol. The molecule has 2 rings (SSSR count). The van der Waals surface area contributed by atoms with Crippen molar-refractivity contribution in [2.75, 3.05) is 39.3 Å². The second-order valence-corrected chi connectivity index (χ2v) is 7.16. The van der Waals surface area contributed by atoms with Crippen molar-refractivity contribution in [2.24, 2.45) is 0 Å². The summed E-state index contributed by atoms with van der Waals surface area (Å²) in [5.41, 5.74) is 0.116. The van der Waals surface area contributed by atoms with E-state index in [0.717, 1.165) is 26.1 Å². The Morgan fingerprint density at radius 3 is 2.28 bits per heavy atom. The van der Waals surface area contributed by atoms with Gasteiger partial charge in [0, 0.05) is 32.7 Å². The van der Waals surface area contributed by atoms with Crippen molar-refractivity contribution < 1.29 is 19.1 Å². The lowest BCUT2D eigenvalue weighted by Crippen LogP contribution is -2.50. The highest BCUT2D eigenvalue weighted by Gasteiger charge is 2.25. The molecule has 138 valence electrons. The molecule has 1 aromatic carbocycles. The van der Waals surface area contributed by atoms with Gasteiger partial charge < -0.3 is 14.4 Å². The van der Waals surface area contributed by atoms with Crippen molar-refractivity contribution >= 4 is 12.1 Å². The van der Waals surface area contributed by atoms with E-state index in [9.17, 15) is 9.59 Å². The number of ether oxygens (including phenoxy) is 2. The Morgan fingerprint density at radius 2 is 1.68 bits per heavy atom. The summed E-state index contributed by atoms with van der Waals surface area (Å²) in [5.74, 6) is -0.282. The summed E-state index contributed by atoms with van der Waals surface area (Å²) >= 11 is 0. The number of benzene rings is 1. The van der Waals surface area contributed by atoms with Gasteiger partial charge in [-0.1, -0.05) is 18.2 Å². The van der Waals surface area contributed by atoms with Crippen LogP contribution < -0.4 is 0 Å². The summed E-state index contributed by atoms with van der Waals surface area (Å²) in [6.07, 6.45) is 0.536. The minimum Gasteiger partial charge on any atom is -0.462 e. The zero-order chi connectivity index (χ0) is 18.3. The van der Waals surface area contributed by atoms with Gasteiger partial charge in [0.15, 0.2) is 0 Å². The Hall–Kier alpha value is -2.08. The summed E-state index contributed by atoms with van der Waals surface area (Å²) in [5, 5.41) is 0. The Labute approximate surface area is 149 Å². The highest BCUT2D eigenvalue weighted by atomic mass is 16.6. The highest BCUT2D eigenvalue weighted by Crippen LogP contribution is 2.12. The number of hydrogen-bond acceptors (Lipinski definition) is 5. The number of hydrogen-bond donors (Lipinski definition) is 0. The van der Waals surface area contributed by atoms with Crippen LogP contribution in [0, 0.1) is 0 Å². The minimum atomic E-state index is -0.461. The second-order valence-electron chi connectivity index (χ2n) is 7.16. The number of piperazine rings is 1. The largest absolute Gasteiger partial charge is 0.462 e. The summed E-state index contributed by atoms with van der Waals surface area (Å²) in [6.45, 7) is 9.83. The van der Waals surface area contributed by atoms with Gasteiger partial charge in [-0.15, -0.1) is 0 Å². The van der Waals surface area contributed by atoms with Crippen LogP contribution in [0.25, 0.3) is 0 Å². The molecule has 1 aliphatic heterocycles. The van der Waals surface area contributed by atoms with Crippen LogP contribution in [-0.4, -0.2) is 66.8 Å². The van der Waals surface area contributed by atoms with Gasteiger partial charge >= 0.3 is 12.1 Å². The molecule has 0 aliphatic carbocycles. The molecule has 1 saturated heterocycles. The average Bonchev–Trinajstić information content (AvgIpc) is 2.58. The molecule has 6 nitrogen and oxygen atoms in total. The highest BCUT2D eigenvalue weighted by molar-refractivity contribution is 5.89. The lowest BCUT2D eigenvalue weighted by molar-refractivity contribution is 0.0134. The SMILES string of the molecule is CC(C)(C)OC(=O)N1CCN(CCCOC(=O)c2ccccc2)CC1. The van der Waals surface area contributed by atoms with Crippen LogP contribution >= 0.6 is 0 Å². The molecule has 0 radical (unpaired) electrons. The molecular formula is C19H28N2O4. The fourth-order valence-corrected chi connectivity index (χ4v) is 2.59. The maximum atomic E-state index is 12.0. The van der Waals surface area contributed by atoms with E-state index in [2.05, 4.69) is 4.90 Å². The molecule has 1 aliphatic rings. The lowest BCUT2D eigenvalue weighted by Gasteiger charge is -2.35. The van der Waals surface area contributed by atoms with Crippen LogP contribution in [0.3, 0.4) is 0 Å². The third kappa shape index (κ3) is 6.74. The Kier molecular flexibility index (Phi) is 6.82. The van der Waals surface area contributed by atoms with Crippen LogP contribution in [0.5, 0.6) is 0 Å². The van der Waals surface area contributed by atoms with E-state index in [-0.39, 0.29) is 12.1 Å². The first-order valence-electron chi connectivity index (χ1n) is 8.77. The number of nitrogens with zero attached hydrogens (tertiary/aromatic N) is 2. The molecule has 0 N–H and O–H groups in total. The number of esters is 1. The molecular weight excluding hydrogens is 320 g/mol. The summed E-state index contributed by atoms with van der Waals surface area (Å²) in [6, 6.07) is 9.01. The van der Waals surface area contributed by atoms with Gasteiger partial charge in [-0.3, -0.25) is 4.90 Å². The molecule has 6 heteroatoms. The van der Waals surface area contributed by atoms with Gasteiger partial charge in [0.25, 0.3) is 0 Å². The molecule has 0 spiro atoms. The van der Waals surface area contributed by atoms with Crippen molar-refractivity contribution in [1.29, 1.82) is 0 Å². The second kappa shape index (κ2) is 8.85. The van der Waals surface area contributed by atoms with Gasteiger partial charge in [0.05, 0.1) is 12.2 Å². The zero-order valence-electron chi connectivity index (χ0n) is 15.4. The van der Waals surface area contributed by atoms with E-state index in [1.807, 2.05) is 39.0 Å². The van der Waals surface area contributed by atoms with Gasteiger partial charge in [0.1, 0.15) is 5.60 Å². The van der Waals surface area contributed by atoms with E-state index in [1.54, 1.807) is 17.0 Å². The molecule has 1 amide bonds. The fourth-order valence-electron chi connectivity index (χ4n) is 2.59. The molecule has 1 aromatic rings. The maximum Gasteiger partial charge on any atom is 0.410 e. The average molecular weight is 348 g/mol. The molecule has 0 atom stereocenters. The van der Waals surface area contributed by atoms with E-state index in [4.69, 9.17) is 9.47 Å². The van der Waals surface area contributed by atoms with Crippen molar-refractivity contribution in [1.82, 2.24) is 9.80 Å². The molecule has 0 saturated carbocycles. The number of amides is 1. The summed E-state index contributed by atoms with van der Waals surface area (Å²) in [7, 11) is 0. The van der Waals surface area contributed by atoms with Gasteiger partial charge in [0.2, 0.25) is 0 Å². The van der Waals surface area contributed by atoms with E-state index < -0.39 is 5.60 Å². The maximum absolute atomic E-state index is 12.0. The lowest BCUT2D eigenvalue weighted by atomic mass is 10.2. The third-order valence-electron chi connectivity index (χ3n) is 3.89. The minimum absolute atomic E-state index is 0.246. The number of carbonyl (C=O) groups is 2. The smallest absolute Gasteiger partial charge is 0.410 e. The Morgan fingerprint density at radius 1 is 1.04 bits per heavy atom. The first-order chi connectivity index (χ1) is 11.8. The predicted octanol–water partition coefficient (Wildman–Crippen LogP) is 2.79. The molecule has 0 bridgehead atoms. The summed E-state index contributed by atoms with van der Waals surface area (Å²) in [4.78, 5) is 27.9. The Balaban J connectivity index is 1.61. The monoisotopic (exact) mass is 348 g/mol. The quantitative estimate of drug-likeness (QED) is 0.605. The van der Waals surface area contributed by atoms with E-state index in [0.29, 0.717) is 25.3 Å². The first-order valence-corrected chi connectivity index (χ1v) is 8.77. The van der Waals surface area contributed by atoms with Gasteiger partial charge in [-0.05, 0) is 39.3 Å². The van der Waals surface area contributed by atoms with Gasteiger partial charge in [-0.25, -0.2) is 9.59 Å². The van der Waals surface area contributed by atoms with Crippen LogP contribution in [-0.2, 0) is 9.47 Å². The first kappa shape index (κ1) is 19.2. The topological polar surface area (TPSA) is 59.1 Å². The van der Waals surface area contributed by atoms with Crippen molar-refractivity contribution in [3.05, 3.63) is 35.9 Å². The van der Waals surface area contributed by atoms with E-state index >= 15 is 0 Å². The molecule has 0 unspecified atom stereocenters. The van der Waals surface area contributed by atoms with Crippen LogP contribution in [0.15, 0.2) is 30.3 Å². The molecule has 1 fully saturated rings. The van der Waals surface area contributed by atoms with Crippen molar-refractivity contribution in [3.8, 4) is 0 Å². The summed E-state index contributed by atoms with van der Waals surface area (Å²) < 4.78 is 10.7. The molecule has 1 heterocycles. The zero-order valence-corrected chi connectivity index (χ0v) is 15.4. The van der Waals surface area contributed by atoms with E-state index in [1.165, 1.54) is 0 Å². The molecule has 0 aromatic heterocycles. The van der Waals surface area contributed by atoms with Crippen LogP contribution in [0.1, 0.15) is 37.6 Å². The number of rotatable bonds is 5. The standard InChI is InChI=1S/C19H28N2O4/c1-19(2,3)25-18(23)21-13-11-20(12-14-21)10-7-15-24-17(22)16-8-5-4-6-9-16/h4-6,8-9H,7,10-15H2,1-3H3. The normalized spacial score (nSPS) is 15.7. The fraction of sp³-hybridized carbons (Fsp3) is 0.579. The van der Waals surface area contributed by atoms with Crippen LogP contribution in [0.2, 0.25) is 0 Å². The van der Waals surface area contributed by atoms with Crippen molar-refractivity contribution in [2.45, 2.75) is 32.8 Å².